The number of aryl methyl sites for hydroxylation is 1. The molecule has 2 bridgehead atoms. The van der Waals surface area contributed by atoms with Crippen molar-refractivity contribution in [2.45, 2.75) is 32.1 Å². The highest BCUT2D eigenvalue weighted by molar-refractivity contribution is 6.40. The zero-order chi connectivity index (χ0) is 15.6. The highest BCUT2D eigenvalue weighted by Gasteiger charge is 2.46. The molecule has 23 heavy (non-hydrogen) atoms. The molecule has 5 rings (SSSR count). The van der Waals surface area contributed by atoms with Crippen LogP contribution in [0.2, 0.25) is 0 Å². The van der Waals surface area contributed by atoms with Gasteiger partial charge in [-0.2, -0.15) is 0 Å². The van der Waals surface area contributed by atoms with Crippen LogP contribution in [0.1, 0.15) is 36.8 Å². The normalized spacial score (nSPS) is 34.3. The maximum absolute atomic E-state index is 13.0. The van der Waals surface area contributed by atoms with Crippen molar-refractivity contribution in [1.82, 2.24) is 0 Å². The number of ketones is 2. The van der Waals surface area contributed by atoms with Crippen LogP contribution in [0.15, 0.2) is 42.0 Å². The maximum atomic E-state index is 13.0. The lowest BCUT2D eigenvalue weighted by Crippen LogP contribution is -2.23. The first-order valence-electron chi connectivity index (χ1n) is 8.80. The predicted octanol–water partition coefficient (Wildman–Crippen LogP) is 3.76. The average molecular weight is 304 g/mol. The molecule has 4 atom stereocenters. The molecule has 1 aromatic carbocycles. The van der Waals surface area contributed by atoms with Gasteiger partial charge in [0.1, 0.15) is 0 Å². The molecule has 0 spiro atoms. The second-order valence-electron chi connectivity index (χ2n) is 7.57. The average Bonchev–Trinajstić information content (AvgIpc) is 3.25. The van der Waals surface area contributed by atoms with Crippen LogP contribution in [-0.2, 0) is 16.0 Å². The van der Waals surface area contributed by atoms with Gasteiger partial charge in [0.15, 0.2) is 11.6 Å². The molecule has 4 unspecified atom stereocenters. The minimum Gasteiger partial charge on any atom is -0.294 e. The molecular weight excluding hydrogens is 284 g/mol. The summed E-state index contributed by atoms with van der Waals surface area (Å²) in [4.78, 5) is 25.9. The van der Waals surface area contributed by atoms with E-state index in [1.165, 1.54) is 18.4 Å². The quantitative estimate of drug-likeness (QED) is 0.616. The summed E-state index contributed by atoms with van der Waals surface area (Å²) >= 11 is 0. The highest BCUT2D eigenvalue weighted by Crippen LogP contribution is 2.49. The lowest BCUT2D eigenvalue weighted by molar-refractivity contribution is -0.126. The first-order chi connectivity index (χ1) is 11.2. The van der Waals surface area contributed by atoms with Crippen molar-refractivity contribution in [3.8, 4) is 0 Å². The summed E-state index contributed by atoms with van der Waals surface area (Å²) in [5.74, 6) is 1.66. The Hall–Kier alpha value is -1.96. The van der Waals surface area contributed by atoms with Gasteiger partial charge in [0, 0.05) is 11.1 Å². The fourth-order valence-electron chi connectivity index (χ4n) is 5.24. The van der Waals surface area contributed by atoms with E-state index in [9.17, 15) is 9.59 Å². The second-order valence-corrected chi connectivity index (χ2v) is 7.57. The standard InChI is InChI=1S/C21H20O2/c22-20-17-8-7-13-3-1-2-4-16(13)19(17)21(23)18(20)11-15-10-12-5-6-14(15)9-12/h1-6,12,14-15,18H,7-11H2. The summed E-state index contributed by atoms with van der Waals surface area (Å²) < 4.78 is 0. The number of benzene rings is 1. The van der Waals surface area contributed by atoms with Crippen molar-refractivity contribution in [2.75, 3.05) is 0 Å². The summed E-state index contributed by atoms with van der Waals surface area (Å²) in [6.45, 7) is 0. The molecule has 0 N–H and O–H groups in total. The Morgan fingerprint density at radius 3 is 2.61 bits per heavy atom. The van der Waals surface area contributed by atoms with Crippen LogP contribution in [-0.4, -0.2) is 11.6 Å². The molecule has 1 fully saturated rings. The number of carbonyl (C=O) groups excluding carboxylic acids is 2. The molecule has 1 aromatic rings. The molecule has 2 heteroatoms. The van der Waals surface area contributed by atoms with Crippen LogP contribution < -0.4 is 0 Å². The Kier molecular flexibility index (Phi) is 2.79. The van der Waals surface area contributed by atoms with Gasteiger partial charge in [-0.05, 0) is 61.0 Å². The van der Waals surface area contributed by atoms with Crippen molar-refractivity contribution in [3.63, 3.8) is 0 Å². The van der Waals surface area contributed by atoms with Gasteiger partial charge in [0.2, 0.25) is 0 Å². The topological polar surface area (TPSA) is 34.1 Å². The first kappa shape index (κ1) is 13.5. The Balaban J connectivity index is 1.46. The van der Waals surface area contributed by atoms with Crippen molar-refractivity contribution >= 4 is 17.1 Å². The monoisotopic (exact) mass is 304 g/mol. The van der Waals surface area contributed by atoms with Gasteiger partial charge in [-0.25, -0.2) is 0 Å². The summed E-state index contributed by atoms with van der Waals surface area (Å²) in [7, 11) is 0. The van der Waals surface area contributed by atoms with Crippen LogP contribution in [0.3, 0.4) is 0 Å². The van der Waals surface area contributed by atoms with Crippen molar-refractivity contribution in [3.05, 3.63) is 53.1 Å². The van der Waals surface area contributed by atoms with Crippen molar-refractivity contribution in [2.24, 2.45) is 23.7 Å². The number of fused-ring (bicyclic) bond motifs is 4. The molecule has 0 aromatic heterocycles. The van der Waals surface area contributed by atoms with Gasteiger partial charge in [-0.3, -0.25) is 9.59 Å². The summed E-state index contributed by atoms with van der Waals surface area (Å²) in [6.07, 6.45) is 9.42. The van der Waals surface area contributed by atoms with Gasteiger partial charge in [-0.15, -0.1) is 0 Å². The van der Waals surface area contributed by atoms with E-state index in [-0.39, 0.29) is 11.6 Å². The minimum absolute atomic E-state index is 0.101. The number of rotatable bonds is 2. The van der Waals surface area contributed by atoms with Crippen LogP contribution >= 0.6 is 0 Å². The third kappa shape index (κ3) is 1.87. The molecule has 0 amide bonds. The molecule has 0 saturated heterocycles. The Bertz CT molecular complexity index is 783. The minimum atomic E-state index is -0.399. The SMILES string of the molecule is O=C1C2=C(C(=O)C1CC1CC3C=CC1C3)c1ccccc1CC2. The van der Waals surface area contributed by atoms with E-state index in [0.29, 0.717) is 17.8 Å². The van der Waals surface area contributed by atoms with E-state index in [1.807, 2.05) is 18.2 Å². The fraction of sp³-hybridized carbons (Fsp3) is 0.429. The Morgan fingerprint density at radius 2 is 1.83 bits per heavy atom. The molecule has 0 aliphatic heterocycles. The van der Waals surface area contributed by atoms with Crippen LogP contribution in [0, 0.1) is 23.7 Å². The van der Waals surface area contributed by atoms with E-state index < -0.39 is 5.92 Å². The lowest BCUT2D eigenvalue weighted by atomic mass is 9.82. The molecule has 4 aliphatic carbocycles. The fourth-order valence-corrected chi connectivity index (χ4v) is 5.24. The number of allylic oxidation sites excluding steroid dienone is 4. The number of Topliss-reactive ketones (excluding diaryl/α,β-unsaturated/α-hetero) is 2. The van der Waals surface area contributed by atoms with E-state index in [0.717, 1.165) is 36.0 Å². The summed E-state index contributed by atoms with van der Waals surface area (Å²) in [5.41, 5.74) is 3.80. The molecule has 0 radical (unpaired) electrons. The third-order valence-corrected chi connectivity index (χ3v) is 6.36. The van der Waals surface area contributed by atoms with Gasteiger partial charge in [-0.1, -0.05) is 36.4 Å². The zero-order valence-electron chi connectivity index (χ0n) is 13.1. The highest BCUT2D eigenvalue weighted by atomic mass is 16.2. The predicted molar refractivity (Wildman–Crippen MR) is 88.6 cm³/mol. The molecule has 4 aliphatic rings. The smallest absolute Gasteiger partial charge is 0.174 e. The Morgan fingerprint density at radius 1 is 0.957 bits per heavy atom. The van der Waals surface area contributed by atoms with Crippen LogP contribution in [0.5, 0.6) is 0 Å². The summed E-state index contributed by atoms with van der Waals surface area (Å²) in [5, 5.41) is 0. The van der Waals surface area contributed by atoms with E-state index >= 15 is 0 Å². The van der Waals surface area contributed by atoms with Gasteiger partial charge in [0.05, 0.1) is 5.92 Å². The van der Waals surface area contributed by atoms with Gasteiger partial charge < -0.3 is 0 Å². The lowest BCUT2D eigenvalue weighted by Gasteiger charge is -2.20. The molecule has 0 heterocycles. The van der Waals surface area contributed by atoms with E-state index in [4.69, 9.17) is 0 Å². The largest absolute Gasteiger partial charge is 0.294 e. The third-order valence-electron chi connectivity index (χ3n) is 6.36. The van der Waals surface area contributed by atoms with E-state index in [1.54, 1.807) is 0 Å². The number of carbonyl (C=O) groups is 2. The van der Waals surface area contributed by atoms with Crippen molar-refractivity contribution in [1.29, 1.82) is 0 Å². The maximum Gasteiger partial charge on any atom is 0.174 e. The van der Waals surface area contributed by atoms with Gasteiger partial charge >= 0.3 is 0 Å². The zero-order valence-corrected chi connectivity index (χ0v) is 13.1. The van der Waals surface area contributed by atoms with Crippen molar-refractivity contribution < 1.29 is 9.59 Å². The summed E-state index contributed by atoms with van der Waals surface area (Å²) in [6, 6.07) is 8.09. The van der Waals surface area contributed by atoms with Gasteiger partial charge in [0.25, 0.3) is 0 Å². The Labute approximate surface area is 136 Å². The molecule has 116 valence electrons. The van der Waals surface area contributed by atoms with E-state index in [2.05, 4.69) is 18.2 Å². The molecule has 2 nitrogen and oxygen atoms in total. The van der Waals surface area contributed by atoms with Crippen LogP contribution in [0.25, 0.3) is 5.57 Å². The first-order valence-corrected chi connectivity index (χ1v) is 8.80. The number of hydrogen-bond acceptors (Lipinski definition) is 2. The molecular formula is C21H20O2. The number of hydrogen-bond donors (Lipinski definition) is 0. The second kappa shape index (κ2) is 4.77. The van der Waals surface area contributed by atoms with Crippen LogP contribution in [0.4, 0.5) is 0 Å². The molecule has 1 saturated carbocycles.